The van der Waals surface area contributed by atoms with Crippen molar-refractivity contribution in [3.8, 4) is 0 Å². The molecule has 0 unspecified atom stereocenters. The van der Waals surface area contributed by atoms with Crippen LogP contribution in [-0.4, -0.2) is 9.55 Å². The van der Waals surface area contributed by atoms with E-state index in [0.717, 1.165) is 24.2 Å². The maximum atomic E-state index is 6.60. The highest BCUT2D eigenvalue weighted by Crippen LogP contribution is 2.35. The third-order valence-corrected chi connectivity index (χ3v) is 4.43. The van der Waals surface area contributed by atoms with Crippen LogP contribution in [-0.2, 0) is 12.6 Å². The molecule has 0 bridgehead atoms. The van der Waals surface area contributed by atoms with Gasteiger partial charge in [-0.2, -0.15) is 0 Å². The number of imidazole rings is 1. The first-order valence-electron chi connectivity index (χ1n) is 6.83. The van der Waals surface area contributed by atoms with Gasteiger partial charge in [-0.25, -0.2) is 4.98 Å². The van der Waals surface area contributed by atoms with E-state index in [1.807, 2.05) is 6.92 Å². The Morgan fingerprint density at radius 2 is 1.94 bits per heavy atom. The van der Waals surface area contributed by atoms with E-state index in [-0.39, 0.29) is 5.54 Å². The van der Waals surface area contributed by atoms with E-state index in [1.165, 1.54) is 30.3 Å². The van der Waals surface area contributed by atoms with Crippen LogP contribution >= 0.6 is 0 Å². The highest BCUT2D eigenvalue weighted by molar-refractivity contribution is 5.77. The Kier molecular flexibility index (Phi) is 2.67. The number of aryl methyl sites for hydroxylation is 2. The van der Waals surface area contributed by atoms with Crippen molar-refractivity contribution < 1.29 is 0 Å². The molecule has 1 aliphatic rings. The number of fused-ring (bicyclic) bond motifs is 1. The molecule has 1 fully saturated rings. The number of aromatic nitrogens is 2. The molecular formula is C15H21N3. The SMILES string of the molecule is Cc1nc2ccc(C3(N)CCCCC3)cc2n1C. The summed E-state index contributed by atoms with van der Waals surface area (Å²) in [6.45, 7) is 2.04. The summed E-state index contributed by atoms with van der Waals surface area (Å²) in [7, 11) is 2.07. The number of rotatable bonds is 1. The van der Waals surface area contributed by atoms with E-state index < -0.39 is 0 Å². The lowest BCUT2D eigenvalue weighted by atomic mass is 9.77. The molecule has 18 heavy (non-hydrogen) atoms. The Morgan fingerprint density at radius 1 is 1.22 bits per heavy atom. The molecule has 0 amide bonds. The van der Waals surface area contributed by atoms with E-state index >= 15 is 0 Å². The van der Waals surface area contributed by atoms with Gasteiger partial charge >= 0.3 is 0 Å². The summed E-state index contributed by atoms with van der Waals surface area (Å²) >= 11 is 0. The van der Waals surface area contributed by atoms with Gasteiger partial charge in [-0.1, -0.05) is 25.3 Å². The third-order valence-electron chi connectivity index (χ3n) is 4.43. The summed E-state index contributed by atoms with van der Waals surface area (Å²) in [5, 5.41) is 0. The maximum Gasteiger partial charge on any atom is 0.106 e. The van der Waals surface area contributed by atoms with Crippen molar-refractivity contribution in [3.05, 3.63) is 29.6 Å². The van der Waals surface area contributed by atoms with Gasteiger partial charge in [-0.3, -0.25) is 0 Å². The van der Waals surface area contributed by atoms with Gasteiger partial charge in [0.2, 0.25) is 0 Å². The molecule has 1 aromatic carbocycles. The molecule has 3 rings (SSSR count). The van der Waals surface area contributed by atoms with Gasteiger partial charge in [-0.05, 0) is 37.5 Å². The van der Waals surface area contributed by atoms with E-state index in [4.69, 9.17) is 5.73 Å². The summed E-state index contributed by atoms with van der Waals surface area (Å²) in [6.07, 6.45) is 6.04. The standard InChI is InChI=1S/C15H21N3/c1-11-17-13-7-6-12(10-14(13)18(11)2)15(16)8-4-3-5-9-15/h6-7,10H,3-5,8-9,16H2,1-2H3. The van der Waals surface area contributed by atoms with Gasteiger partial charge in [0.25, 0.3) is 0 Å². The van der Waals surface area contributed by atoms with Crippen molar-refractivity contribution in [2.75, 3.05) is 0 Å². The monoisotopic (exact) mass is 243 g/mol. The lowest BCUT2D eigenvalue weighted by molar-refractivity contribution is 0.302. The Hall–Kier alpha value is -1.35. The first-order valence-corrected chi connectivity index (χ1v) is 6.83. The second-order valence-corrected chi connectivity index (χ2v) is 5.64. The molecule has 2 aromatic rings. The van der Waals surface area contributed by atoms with Crippen molar-refractivity contribution in [2.24, 2.45) is 12.8 Å². The van der Waals surface area contributed by atoms with Crippen LogP contribution in [0.25, 0.3) is 11.0 Å². The highest BCUT2D eigenvalue weighted by Gasteiger charge is 2.29. The second-order valence-electron chi connectivity index (χ2n) is 5.64. The van der Waals surface area contributed by atoms with Crippen LogP contribution in [0.15, 0.2) is 18.2 Å². The number of benzene rings is 1. The summed E-state index contributed by atoms with van der Waals surface area (Å²) in [5.74, 6) is 1.05. The molecule has 0 aliphatic heterocycles. The fourth-order valence-electron chi connectivity index (χ4n) is 3.09. The number of nitrogens with zero attached hydrogens (tertiary/aromatic N) is 2. The molecule has 1 heterocycles. The molecule has 0 radical (unpaired) electrons. The molecule has 96 valence electrons. The highest BCUT2D eigenvalue weighted by atomic mass is 15.0. The minimum Gasteiger partial charge on any atom is -0.331 e. The zero-order valence-electron chi connectivity index (χ0n) is 11.2. The van der Waals surface area contributed by atoms with Gasteiger partial charge in [0, 0.05) is 12.6 Å². The minimum absolute atomic E-state index is 0.120. The summed E-state index contributed by atoms with van der Waals surface area (Å²) in [4.78, 5) is 4.54. The molecule has 1 saturated carbocycles. The quantitative estimate of drug-likeness (QED) is 0.836. The van der Waals surface area contributed by atoms with Crippen LogP contribution in [0.2, 0.25) is 0 Å². The van der Waals surface area contributed by atoms with Gasteiger partial charge in [0.1, 0.15) is 5.82 Å². The van der Waals surface area contributed by atoms with Crippen LogP contribution in [0, 0.1) is 6.92 Å². The number of nitrogens with two attached hydrogens (primary N) is 1. The van der Waals surface area contributed by atoms with Gasteiger partial charge in [-0.15, -0.1) is 0 Å². The molecule has 3 heteroatoms. The number of hydrogen-bond acceptors (Lipinski definition) is 2. The first-order chi connectivity index (χ1) is 8.60. The van der Waals surface area contributed by atoms with Crippen LogP contribution in [0.5, 0.6) is 0 Å². The summed E-state index contributed by atoms with van der Waals surface area (Å²) in [6, 6.07) is 6.52. The number of hydrogen-bond donors (Lipinski definition) is 1. The minimum atomic E-state index is -0.120. The van der Waals surface area contributed by atoms with Gasteiger partial charge in [0.05, 0.1) is 11.0 Å². The molecule has 1 aromatic heterocycles. The van der Waals surface area contributed by atoms with Crippen molar-refractivity contribution in [2.45, 2.75) is 44.6 Å². The molecule has 0 atom stereocenters. The average molecular weight is 243 g/mol. The zero-order valence-corrected chi connectivity index (χ0v) is 11.2. The normalized spacial score (nSPS) is 19.3. The smallest absolute Gasteiger partial charge is 0.106 e. The Morgan fingerprint density at radius 3 is 2.67 bits per heavy atom. The van der Waals surface area contributed by atoms with Crippen molar-refractivity contribution in [1.29, 1.82) is 0 Å². The van der Waals surface area contributed by atoms with Gasteiger partial charge in [0.15, 0.2) is 0 Å². The Bertz CT molecular complexity index is 577. The largest absolute Gasteiger partial charge is 0.331 e. The molecule has 0 spiro atoms. The fraction of sp³-hybridized carbons (Fsp3) is 0.533. The zero-order chi connectivity index (χ0) is 12.8. The van der Waals surface area contributed by atoms with Crippen molar-refractivity contribution in [3.63, 3.8) is 0 Å². The van der Waals surface area contributed by atoms with Crippen molar-refractivity contribution >= 4 is 11.0 Å². The van der Waals surface area contributed by atoms with E-state index in [0.29, 0.717) is 0 Å². The van der Waals surface area contributed by atoms with E-state index in [2.05, 4.69) is 34.8 Å². The molecule has 3 nitrogen and oxygen atoms in total. The predicted molar refractivity (Wildman–Crippen MR) is 74.4 cm³/mol. The Balaban J connectivity index is 2.09. The molecule has 1 aliphatic carbocycles. The van der Waals surface area contributed by atoms with E-state index in [9.17, 15) is 0 Å². The molecule has 0 saturated heterocycles. The Labute approximate surface area is 108 Å². The van der Waals surface area contributed by atoms with Crippen LogP contribution in [0.1, 0.15) is 43.5 Å². The molecular weight excluding hydrogens is 222 g/mol. The first kappa shape index (κ1) is 11.7. The van der Waals surface area contributed by atoms with Crippen LogP contribution in [0.3, 0.4) is 0 Å². The summed E-state index contributed by atoms with van der Waals surface area (Å²) in [5.41, 5.74) is 10.0. The average Bonchev–Trinajstić information content (AvgIpc) is 2.66. The van der Waals surface area contributed by atoms with Gasteiger partial charge < -0.3 is 10.3 Å². The van der Waals surface area contributed by atoms with Crippen LogP contribution in [0.4, 0.5) is 0 Å². The summed E-state index contributed by atoms with van der Waals surface area (Å²) < 4.78 is 2.14. The predicted octanol–water partition coefficient (Wildman–Crippen LogP) is 3.00. The van der Waals surface area contributed by atoms with E-state index in [1.54, 1.807) is 0 Å². The molecule has 2 N–H and O–H groups in total. The lowest BCUT2D eigenvalue weighted by Crippen LogP contribution is -2.38. The fourth-order valence-corrected chi connectivity index (χ4v) is 3.09. The van der Waals surface area contributed by atoms with Crippen LogP contribution < -0.4 is 5.73 Å². The maximum absolute atomic E-state index is 6.60. The second kappa shape index (κ2) is 4.09. The third kappa shape index (κ3) is 1.74. The lowest BCUT2D eigenvalue weighted by Gasteiger charge is -2.34. The topological polar surface area (TPSA) is 43.8 Å². The van der Waals surface area contributed by atoms with Crippen molar-refractivity contribution in [1.82, 2.24) is 9.55 Å².